The first-order valence-corrected chi connectivity index (χ1v) is 7.76. The summed E-state index contributed by atoms with van der Waals surface area (Å²) < 4.78 is 5.89. The number of benzene rings is 1. The highest BCUT2D eigenvalue weighted by Gasteiger charge is 2.19. The summed E-state index contributed by atoms with van der Waals surface area (Å²) in [6, 6.07) is 10.3. The van der Waals surface area contributed by atoms with E-state index in [2.05, 4.69) is 31.4 Å². The molecule has 0 saturated carbocycles. The van der Waals surface area contributed by atoms with Gasteiger partial charge in [0.2, 0.25) is 0 Å². The maximum Gasteiger partial charge on any atom is 0.134 e. The zero-order valence-corrected chi connectivity index (χ0v) is 12.6. The van der Waals surface area contributed by atoms with Crippen molar-refractivity contribution >= 4 is 11.3 Å². The van der Waals surface area contributed by atoms with Crippen LogP contribution in [0.1, 0.15) is 55.5 Å². The number of rotatable bonds is 6. The Balaban J connectivity index is 2.27. The Hall–Kier alpha value is -1.19. The average molecular weight is 275 g/mol. The molecule has 1 heterocycles. The topological polar surface area (TPSA) is 22.1 Å². The molecule has 0 fully saturated rings. The minimum Gasteiger partial charge on any atom is -0.367 e. The van der Waals surface area contributed by atoms with Gasteiger partial charge in [-0.2, -0.15) is 0 Å². The van der Waals surface area contributed by atoms with E-state index in [1.165, 1.54) is 11.3 Å². The van der Waals surface area contributed by atoms with E-state index in [0.717, 1.165) is 11.4 Å². The first-order chi connectivity index (χ1) is 9.26. The first kappa shape index (κ1) is 14.2. The van der Waals surface area contributed by atoms with E-state index in [1.54, 1.807) is 11.3 Å². The van der Waals surface area contributed by atoms with Crippen LogP contribution in [0.25, 0.3) is 0 Å². The number of ether oxygens (including phenoxy) is 1. The van der Waals surface area contributed by atoms with E-state index < -0.39 is 0 Å². The lowest BCUT2D eigenvalue weighted by Gasteiger charge is -2.15. The molecule has 19 heavy (non-hydrogen) atoms. The second-order valence-corrected chi connectivity index (χ2v) is 5.56. The van der Waals surface area contributed by atoms with E-state index >= 15 is 0 Å². The van der Waals surface area contributed by atoms with Crippen molar-refractivity contribution in [3.63, 3.8) is 0 Å². The van der Waals surface area contributed by atoms with Crippen molar-refractivity contribution in [2.45, 2.75) is 39.2 Å². The molecule has 3 heteroatoms. The third kappa shape index (κ3) is 3.43. The molecule has 2 atom stereocenters. The smallest absolute Gasteiger partial charge is 0.134 e. The zero-order valence-electron chi connectivity index (χ0n) is 11.8. The lowest BCUT2D eigenvalue weighted by molar-refractivity contribution is 0.0910. The van der Waals surface area contributed by atoms with Crippen LogP contribution < -0.4 is 0 Å². The quantitative estimate of drug-likeness (QED) is 0.756. The molecule has 1 aromatic heterocycles. The van der Waals surface area contributed by atoms with E-state index in [0.29, 0.717) is 12.5 Å². The van der Waals surface area contributed by atoms with Crippen molar-refractivity contribution in [1.29, 1.82) is 0 Å². The highest BCUT2D eigenvalue weighted by atomic mass is 32.1. The molecule has 0 aliphatic carbocycles. The van der Waals surface area contributed by atoms with Gasteiger partial charge in [0, 0.05) is 12.0 Å². The Kier molecular flexibility index (Phi) is 5.11. The molecular formula is C16H21NOS. The van der Waals surface area contributed by atoms with Crippen LogP contribution in [0.2, 0.25) is 0 Å². The van der Waals surface area contributed by atoms with Gasteiger partial charge in [0.15, 0.2) is 0 Å². The summed E-state index contributed by atoms with van der Waals surface area (Å²) in [5.74, 6) is 0.517. The Morgan fingerprint density at radius 3 is 2.58 bits per heavy atom. The Morgan fingerprint density at radius 1 is 1.21 bits per heavy atom. The molecule has 2 aromatic rings. The predicted octanol–water partition coefficient (Wildman–Crippen LogP) is 4.78. The van der Waals surface area contributed by atoms with Gasteiger partial charge in [0.05, 0.1) is 5.69 Å². The first-order valence-electron chi connectivity index (χ1n) is 6.88. The van der Waals surface area contributed by atoms with Crippen molar-refractivity contribution in [1.82, 2.24) is 4.98 Å². The molecule has 0 saturated heterocycles. The monoisotopic (exact) mass is 275 g/mol. The molecule has 0 spiro atoms. The van der Waals surface area contributed by atoms with Gasteiger partial charge in [-0.05, 0) is 24.8 Å². The third-order valence-corrected chi connectivity index (χ3v) is 4.22. The largest absolute Gasteiger partial charge is 0.367 e. The summed E-state index contributed by atoms with van der Waals surface area (Å²) in [4.78, 5) is 4.77. The SMILES string of the molecule is CCOC(c1ccccc1)c1nc(C(C)CC)cs1. The van der Waals surface area contributed by atoms with E-state index in [4.69, 9.17) is 9.72 Å². The summed E-state index contributed by atoms with van der Waals surface area (Å²) in [5.41, 5.74) is 2.36. The lowest BCUT2D eigenvalue weighted by Crippen LogP contribution is -2.06. The molecule has 0 bridgehead atoms. The second kappa shape index (κ2) is 6.83. The number of thiazole rings is 1. The number of hydrogen-bond donors (Lipinski definition) is 0. The van der Waals surface area contributed by atoms with Crippen molar-refractivity contribution in [3.8, 4) is 0 Å². The van der Waals surface area contributed by atoms with E-state index in [-0.39, 0.29) is 6.10 Å². The van der Waals surface area contributed by atoms with Crippen LogP contribution in [0.5, 0.6) is 0 Å². The molecule has 1 aromatic carbocycles. The molecule has 0 radical (unpaired) electrons. The Bertz CT molecular complexity index is 494. The summed E-state index contributed by atoms with van der Waals surface area (Å²) >= 11 is 1.70. The fraction of sp³-hybridized carbons (Fsp3) is 0.438. The van der Waals surface area contributed by atoms with Crippen LogP contribution >= 0.6 is 11.3 Å². The van der Waals surface area contributed by atoms with Gasteiger partial charge in [0.25, 0.3) is 0 Å². The predicted molar refractivity (Wildman–Crippen MR) is 80.7 cm³/mol. The minimum absolute atomic E-state index is 0.0333. The fourth-order valence-corrected chi connectivity index (χ4v) is 2.97. The molecule has 102 valence electrons. The summed E-state index contributed by atoms with van der Waals surface area (Å²) in [6.45, 7) is 7.13. The summed E-state index contributed by atoms with van der Waals surface area (Å²) in [5, 5.41) is 3.22. The zero-order chi connectivity index (χ0) is 13.7. The van der Waals surface area contributed by atoms with Crippen LogP contribution in [0, 0.1) is 0 Å². The number of nitrogens with zero attached hydrogens (tertiary/aromatic N) is 1. The molecule has 2 nitrogen and oxygen atoms in total. The van der Waals surface area contributed by atoms with E-state index in [1.807, 2.05) is 25.1 Å². The van der Waals surface area contributed by atoms with Gasteiger partial charge in [-0.15, -0.1) is 11.3 Å². The standard InChI is InChI=1S/C16H21NOS/c1-4-12(3)14-11-19-16(17-14)15(18-5-2)13-9-7-6-8-10-13/h6-12,15H,4-5H2,1-3H3. The van der Waals surface area contributed by atoms with E-state index in [9.17, 15) is 0 Å². The molecular weight excluding hydrogens is 254 g/mol. The van der Waals surface area contributed by atoms with Gasteiger partial charge in [-0.25, -0.2) is 4.98 Å². The molecule has 0 aliphatic heterocycles. The fourth-order valence-electron chi connectivity index (χ4n) is 1.96. The van der Waals surface area contributed by atoms with Crippen molar-refractivity contribution in [2.75, 3.05) is 6.61 Å². The highest BCUT2D eigenvalue weighted by molar-refractivity contribution is 7.09. The normalized spacial score (nSPS) is 14.3. The van der Waals surface area contributed by atoms with Crippen LogP contribution in [-0.2, 0) is 4.74 Å². The second-order valence-electron chi connectivity index (χ2n) is 4.67. The summed E-state index contributed by atoms with van der Waals surface area (Å²) in [6.07, 6.45) is 1.09. The molecule has 0 aliphatic rings. The van der Waals surface area contributed by atoms with Gasteiger partial charge in [0.1, 0.15) is 11.1 Å². The Morgan fingerprint density at radius 2 is 1.95 bits per heavy atom. The molecule has 0 amide bonds. The van der Waals surface area contributed by atoms with Crippen LogP contribution in [-0.4, -0.2) is 11.6 Å². The maximum absolute atomic E-state index is 5.89. The molecule has 0 N–H and O–H groups in total. The third-order valence-electron chi connectivity index (χ3n) is 3.32. The number of aromatic nitrogens is 1. The number of hydrogen-bond acceptors (Lipinski definition) is 3. The van der Waals surface area contributed by atoms with Crippen molar-refractivity contribution in [3.05, 3.63) is 52.0 Å². The Labute approximate surface area is 119 Å². The van der Waals surface area contributed by atoms with Crippen LogP contribution in [0.4, 0.5) is 0 Å². The van der Waals surface area contributed by atoms with Gasteiger partial charge >= 0.3 is 0 Å². The van der Waals surface area contributed by atoms with Crippen LogP contribution in [0.3, 0.4) is 0 Å². The lowest BCUT2D eigenvalue weighted by atomic mass is 10.1. The maximum atomic E-state index is 5.89. The summed E-state index contributed by atoms with van der Waals surface area (Å²) in [7, 11) is 0. The molecule has 2 unspecified atom stereocenters. The van der Waals surface area contributed by atoms with Crippen molar-refractivity contribution < 1.29 is 4.74 Å². The van der Waals surface area contributed by atoms with Crippen molar-refractivity contribution in [2.24, 2.45) is 0 Å². The minimum atomic E-state index is -0.0333. The highest BCUT2D eigenvalue weighted by Crippen LogP contribution is 2.30. The van der Waals surface area contributed by atoms with Crippen LogP contribution in [0.15, 0.2) is 35.7 Å². The van der Waals surface area contributed by atoms with Gasteiger partial charge in [-0.3, -0.25) is 0 Å². The van der Waals surface area contributed by atoms with Gasteiger partial charge < -0.3 is 4.74 Å². The molecule has 2 rings (SSSR count). The average Bonchev–Trinajstić information content (AvgIpc) is 2.94. The van der Waals surface area contributed by atoms with Gasteiger partial charge in [-0.1, -0.05) is 44.2 Å².